The van der Waals surface area contributed by atoms with Crippen LogP contribution >= 0.6 is 0 Å². The third-order valence-corrected chi connectivity index (χ3v) is 5.95. The van der Waals surface area contributed by atoms with Crippen molar-refractivity contribution in [1.82, 2.24) is 35.2 Å². The van der Waals surface area contributed by atoms with E-state index in [0.29, 0.717) is 23.1 Å². The number of piperidine rings is 1. The van der Waals surface area contributed by atoms with Crippen LogP contribution < -0.4 is 11.1 Å². The quantitative estimate of drug-likeness (QED) is 0.534. The molecule has 4 aromatic rings. The lowest BCUT2D eigenvalue weighted by molar-refractivity contribution is 0.353. The van der Waals surface area contributed by atoms with Crippen LogP contribution in [0.15, 0.2) is 35.2 Å². The van der Waals surface area contributed by atoms with Gasteiger partial charge in [0.25, 0.3) is 0 Å². The molecule has 3 N–H and O–H groups in total. The van der Waals surface area contributed by atoms with Gasteiger partial charge in [0, 0.05) is 18.7 Å². The molecule has 9 nitrogen and oxygen atoms in total. The van der Waals surface area contributed by atoms with Crippen LogP contribution in [0.5, 0.6) is 0 Å². The molecule has 152 valence electrons. The molecule has 6 rings (SSSR count). The fourth-order valence-corrected chi connectivity index (χ4v) is 4.30. The minimum atomic E-state index is 0.206. The summed E-state index contributed by atoms with van der Waals surface area (Å²) in [5.74, 6) is 1.65. The summed E-state index contributed by atoms with van der Waals surface area (Å²) >= 11 is 0. The van der Waals surface area contributed by atoms with Gasteiger partial charge in [-0.05, 0) is 44.4 Å². The molecule has 1 aliphatic carbocycles. The predicted molar refractivity (Wildman–Crippen MR) is 112 cm³/mol. The van der Waals surface area contributed by atoms with Crippen LogP contribution in [0.1, 0.15) is 43.4 Å². The van der Waals surface area contributed by atoms with Gasteiger partial charge in [-0.15, -0.1) is 0 Å². The van der Waals surface area contributed by atoms with Crippen molar-refractivity contribution in [3.05, 3.63) is 36.5 Å². The maximum absolute atomic E-state index is 6.31. The Morgan fingerprint density at radius 2 is 2.03 bits per heavy atom. The average molecular weight is 402 g/mol. The zero-order chi connectivity index (χ0) is 20.1. The summed E-state index contributed by atoms with van der Waals surface area (Å²) in [7, 11) is 0. The van der Waals surface area contributed by atoms with E-state index < -0.39 is 0 Å². The van der Waals surface area contributed by atoms with E-state index in [4.69, 9.17) is 15.4 Å². The molecule has 0 aromatic carbocycles. The van der Waals surface area contributed by atoms with Crippen LogP contribution in [0.25, 0.3) is 33.7 Å². The van der Waals surface area contributed by atoms with Gasteiger partial charge in [0.1, 0.15) is 29.3 Å². The normalized spacial score (nSPS) is 19.4. The van der Waals surface area contributed by atoms with Crippen molar-refractivity contribution in [1.29, 1.82) is 0 Å². The highest BCUT2D eigenvalue weighted by Crippen LogP contribution is 2.48. The molecule has 0 bridgehead atoms. The van der Waals surface area contributed by atoms with Crippen LogP contribution in [0.4, 0.5) is 5.82 Å². The zero-order valence-corrected chi connectivity index (χ0v) is 16.5. The second-order valence-corrected chi connectivity index (χ2v) is 8.01. The fourth-order valence-electron chi connectivity index (χ4n) is 4.30. The van der Waals surface area contributed by atoms with Crippen LogP contribution in [-0.4, -0.2) is 43.0 Å². The van der Waals surface area contributed by atoms with Gasteiger partial charge < -0.3 is 15.6 Å². The molecule has 4 aromatic heterocycles. The van der Waals surface area contributed by atoms with E-state index in [1.54, 1.807) is 6.20 Å². The first-order chi connectivity index (χ1) is 14.8. The maximum Gasteiger partial charge on any atom is 0.164 e. The summed E-state index contributed by atoms with van der Waals surface area (Å²) < 4.78 is 7.81. The summed E-state index contributed by atoms with van der Waals surface area (Å²) in [4.78, 5) is 13.3. The first-order valence-corrected chi connectivity index (χ1v) is 10.4. The van der Waals surface area contributed by atoms with Crippen molar-refractivity contribution in [3.8, 4) is 22.6 Å². The van der Waals surface area contributed by atoms with Gasteiger partial charge in [-0.1, -0.05) is 11.2 Å². The topological polar surface area (TPSA) is 121 Å². The number of nitrogens with one attached hydrogen (secondary N) is 1. The van der Waals surface area contributed by atoms with E-state index in [1.807, 2.05) is 22.9 Å². The van der Waals surface area contributed by atoms with Crippen molar-refractivity contribution in [2.75, 3.05) is 18.8 Å². The molecule has 0 radical (unpaired) electrons. The Balaban J connectivity index is 1.59. The summed E-state index contributed by atoms with van der Waals surface area (Å²) in [6.07, 6.45) is 7.60. The Bertz CT molecular complexity index is 1200. The molecule has 5 heterocycles. The molecule has 30 heavy (non-hydrogen) atoms. The number of nitrogens with two attached hydrogens (primary N) is 1. The van der Waals surface area contributed by atoms with Crippen molar-refractivity contribution >= 4 is 16.9 Å². The van der Waals surface area contributed by atoms with E-state index in [2.05, 4.69) is 25.4 Å². The first kappa shape index (κ1) is 17.5. The van der Waals surface area contributed by atoms with Gasteiger partial charge in [-0.25, -0.2) is 14.6 Å². The number of hydrogen-bond donors (Lipinski definition) is 2. The van der Waals surface area contributed by atoms with Gasteiger partial charge in [0.15, 0.2) is 5.65 Å². The Morgan fingerprint density at radius 3 is 2.80 bits per heavy atom. The van der Waals surface area contributed by atoms with E-state index in [1.165, 1.54) is 6.33 Å². The van der Waals surface area contributed by atoms with Crippen molar-refractivity contribution in [2.24, 2.45) is 0 Å². The predicted octanol–water partition coefficient (Wildman–Crippen LogP) is 2.93. The number of rotatable bonds is 4. The molecule has 2 aliphatic rings. The molecule has 9 heteroatoms. The molecule has 2 fully saturated rings. The second kappa shape index (κ2) is 6.88. The monoisotopic (exact) mass is 402 g/mol. The number of aromatic nitrogens is 6. The summed E-state index contributed by atoms with van der Waals surface area (Å²) in [6, 6.07) is 6.06. The van der Waals surface area contributed by atoms with Gasteiger partial charge in [-0.2, -0.15) is 5.10 Å². The minimum absolute atomic E-state index is 0.206. The lowest BCUT2D eigenvalue weighted by atomic mass is 10.0. The van der Waals surface area contributed by atoms with Crippen LogP contribution in [0, 0.1) is 0 Å². The lowest BCUT2D eigenvalue weighted by Gasteiger charge is -2.23. The van der Waals surface area contributed by atoms with Gasteiger partial charge in [0.05, 0.1) is 22.7 Å². The standard InChI is InChI=1S/C21H22N8O/c22-20-16-17(27-29(21(16)26-11-25-20)13-4-3-8-23-10-13)18-15(14-5-1-2-9-24-14)19(30-28-18)12-6-7-12/h1-2,5,9,11-13,23H,3-4,6-8,10H2,(H2,22,25,26)/t13-/m0/s1. The molecule has 0 spiro atoms. The minimum Gasteiger partial charge on any atom is -0.383 e. The van der Waals surface area contributed by atoms with Crippen LogP contribution in [0.3, 0.4) is 0 Å². The summed E-state index contributed by atoms with van der Waals surface area (Å²) in [5, 5.41) is 13.6. The number of hydrogen-bond acceptors (Lipinski definition) is 8. The maximum atomic E-state index is 6.31. The van der Waals surface area contributed by atoms with Crippen LogP contribution in [0.2, 0.25) is 0 Å². The fraction of sp³-hybridized carbons (Fsp3) is 0.381. The Kier molecular flexibility index (Phi) is 4.02. The molecule has 1 saturated heterocycles. The summed E-state index contributed by atoms with van der Waals surface area (Å²) in [6.45, 7) is 1.87. The molecular formula is C21H22N8O. The molecule has 0 unspecified atom stereocenters. The lowest BCUT2D eigenvalue weighted by Crippen LogP contribution is -2.32. The van der Waals surface area contributed by atoms with Crippen LogP contribution in [-0.2, 0) is 0 Å². The Morgan fingerprint density at radius 1 is 1.10 bits per heavy atom. The highest BCUT2D eigenvalue weighted by Gasteiger charge is 2.35. The Hall–Kier alpha value is -3.33. The molecular weight excluding hydrogens is 380 g/mol. The van der Waals surface area contributed by atoms with Gasteiger partial charge in [-0.3, -0.25) is 4.98 Å². The number of nitrogen functional groups attached to an aromatic ring is 1. The zero-order valence-electron chi connectivity index (χ0n) is 16.5. The van der Waals surface area contributed by atoms with E-state index in [0.717, 1.165) is 66.8 Å². The third kappa shape index (κ3) is 2.77. The van der Waals surface area contributed by atoms with Gasteiger partial charge >= 0.3 is 0 Å². The number of fused-ring (bicyclic) bond motifs is 1. The third-order valence-electron chi connectivity index (χ3n) is 5.95. The number of nitrogens with zero attached hydrogens (tertiary/aromatic N) is 6. The Labute approximate surface area is 172 Å². The largest absolute Gasteiger partial charge is 0.383 e. The van der Waals surface area contributed by atoms with Crippen molar-refractivity contribution < 1.29 is 4.52 Å². The van der Waals surface area contributed by atoms with E-state index >= 15 is 0 Å². The molecule has 1 aliphatic heterocycles. The SMILES string of the molecule is Nc1ncnc2c1c(-c1noc(C3CC3)c1-c1ccccn1)nn2[C@H]1CCCNC1. The number of anilines is 1. The van der Waals surface area contributed by atoms with Crippen molar-refractivity contribution in [3.63, 3.8) is 0 Å². The molecule has 1 saturated carbocycles. The van der Waals surface area contributed by atoms with E-state index in [-0.39, 0.29) is 6.04 Å². The first-order valence-electron chi connectivity index (χ1n) is 10.4. The van der Waals surface area contributed by atoms with Crippen molar-refractivity contribution in [2.45, 2.75) is 37.6 Å². The molecule has 1 atom stereocenters. The van der Waals surface area contributed by atoms with Gasteiger partial charge in [0.2, 0.25) is 0 Å². The highest BCUT2D eigenvalue weighted by atomic mass is 16.5. The van der Waals surface area contributed by atoms with E-state index in [9.17, 15) is 0 Å². The highest BCUT2D eigenvalue weighted by molar-refractivity contribution is 6.00. The smallest absolute Gasteiger partial charge is 0.164 e. The second-order valence-electron chi connectivity index (χ2n) is 8.01. The average Bonchev–Trinajstić information content (AvgIpc) is 3.42. The number of pyridine rings is 1. The summed E-state index contributed by atoms with van der Waals surface area (Å²) in [5.41, 5.74) is 10.1. The molecule has 0 amide bonds.